The van der Waals surface area contributed by atoms with E-state index in [-0.39, 0.29) is 22.4 Å². The van der Waals surface area contributed by atoms with Crippen molar-refractivity contribution < 1.29 is 32.8 Å². The highest BCUT2D eigenvalue weighted by molar-refractivity contribution is 7.86. The maximum absolute atomic E-state index is 13.1. The van der Waals surface area contributed by atoms with E-state index < -0.39 is 43.6 Å². The number of ketones is 2. The molecule has 3 N–H and O–H groups in total. The summed E-state index contributed by atoms with van der Waals surface area (Å²) in [5, 5.41) is 21.0. The minimum absolute atomic E-state index is 0.0182. The zero-order valence-corrected chi connectivity index (χ0v) is 14.8. The molecule has 2 aromatic rings. The second-order valence-corrected chi connectivity index (χ2v) is 7.86. The van der Waals surface area contributed by atoms with E-state index in [1.807, 2.05) is 0 Å². The smallest absolute Gasteiger partial charge is 0.302 e. The predicted molar refractivity (Wildman–Crippen MR) is 94.3 cm³/mol. The normalized spacial score (nSPS) is 16.4. The van der Waals surface area contributed by atoms with Crippen molar-refractivity contribution in [1.29, 1.82) is 0 Å². The van der Waals surface area contributed by atoms with Crippen LogP contribution in [-0.2, 0) is 10.1 Å². The minimum Gasteiger partial charge on any atom is -0.506 e. The SMILES string of the molecule is O=C1c2ccccc2C(=O)c2c1c(O)c(S(=O)(=O)O)c(O)c2N1CCCC1. The average molecular weight is 389 g/mol. The van der Waals surface area contributed by atoms with E-state index in [0.717, 1.165) is 12.8 Å². The highest BCUT2D eigenvalue weighted by Crippen LogP contribution is 2.49. The van der Waals surface area contributed by atoms with E-state index in [1.54, 1.807) is 11.0 Å². The molecule has 1 saturated heterocycles. The first-order valence-electron chi connectivity index (χ1n) is 8.26. The lowest BCUT2D eigenvalue weighted by Crippen LogP contribution is -2.28. The number of benzene rings is 2. The van der Waals surface area contributed by atoms with Gasteiger partial charge < -0.3 is 15.1 Å². The topological polar surface area (TPSA) is 132 Å². The monoisotopic (exact) mass is 389 g/mol. The predicted octanol–water partition coefficient (Wildman–Crippen LogP) is 1.72. The summed E-state index contributed by atoms with van der Waals surface area (Å²) in [5.41, 5.74) is -0.798. The maximum Gasteiger partial charge on any atom is 0.302 e. The lowest BCUT2D eigenvalue weighted by Gasteiger charge is -2.28. The quantitative estimate of drug-likeness (QED) is 0.565. The molecule has 1 aliphatic carbocycles. The van der Waals surface area contributed by atoms with Crippen LogP contribution in [0.25, 0.3) is 0 Å². The van der Waals surface area contributed by atoms with Crippen LogP contribution >= 0.6 is 0 Å². The lowest BCUT2D eigenvalue weighted by molar-refractivity contribution is 0.0976. The van der Waals surface area contributed by atoms with Crippen LogP contribution in [0.4, 0.5) is 5.69 Å². The summed E-state index contributed by atoms with van der Waals surface area (Å²) in [6.45, 7) is 0.859. The van der Waals surface area contributed by atoms with Crippen LogP contribution in [0.2, 0.25) is 0 Å². The summed E-state index contributed by atoms with van der Waals surface area (Å²) in [6.07, 6.45) is 1.49. The van der Waals surface area contributed by atoms with Crippen LogP contribution in [-0.4, -0.2) is 47.8 Å². The molecule has 0 atom stereocenters. The first-order valence-corrected chi connectivity index (χ1v) is 9.70. The average Bonchev–Trinajstić information content (AvgIpc) is 3.12. The van der Waals surface area contributed by atoms with Gasteiger partial charge in [0.15, 0.2) is 28.0 Å². The number of carbonyl (C=O) groups excluding carboxylic acids is 2. The molecule has 0 radical (unpaired) electrons. The first kappa shape index (κ1) is 17.5. The number of anilines is 1. The van der Waals surface area contributed by atoms with Crippen LogP contribution in [0.1, 0.15) is 44.7 Å². The number of aromatic hydroxyl groups is 2. The Morgan fingerprint density at radius 1 is 0.852 bits per heavy atom. The van der Waals surface area contributed by atoms with Gasteiger partial charge in [0.2, 0.25) is 0 Å². The van der Waals surface area contributed by atoms with Gasteiger partial charge in [0, 0.05) is 24.2 Å². The molecule has 4 rings (SSSR count). The third-order valence-electron chi connectivity index (χ3n) is 4.93. The Labute approximate surface area is 154 Å². The largest absolute Gasteiger partial charge is 0.506 e. The van der Waals surface area contributed by atoms with Crippen molar-refractivity contribution in [2.45, 2.75) is 17.7 Å². The fraction of sp³-hybridized carbons (Fsp3) is 0.222. The highest BCUT2D eigenvalue weighted by atomic mass is 32.2. The molecule has 8 nitrogen and oxygen atoms in total. The van der Waals surface area contributed by atoms with E-state index >= 15 is 0 Å². The molecule has 0 spiro atoms. The second-order valence-electron chi connectivity index (χ2n) is 6.50. The minimum atomic E-state index is -5.06. The Hall–Kier alpha value is -2.91. The van der Waals surface area contributed by atoms with E-state index in [0.29, 0.717) is 13.1 Å². The maximum atomic E-state index is 13.1. The van der Waals surface area contributed by atoms with Crippen LogP contribution < -0.4 is 4.90 Å². The Morgan fingerprint density at radius 2 is 1.37 bits per heavy atom. The fourth-order valence-electron chi connectivity index (χ4n) is 3.77. The van der Waals surface area contributed by atoms with Gasteiger partial charge in [-0.1, -0.05) is 24.3 Å². The Morgan fingerprint density at radius 3 is 1.89 bits per heavy atom. The molecule has 0 amide bonds. The zero-order valence-electron chi connectivity index (χ0n) is 14.0. The van der Waals surface area contributed by atoms with Gasteiger partial charge in [-0.2, -0.15) is 8.42 Å². The van der Waals surface area contributed by atoms with Crippen LogP contribution in [0, 0.1) is 0 Å². The van der Waals surface area contributed by atoms with Gasteiger partial charge in [-0.3, -0.25) is 14.1 Å². The Balaban J connectivity index is 2.15. The fourth-order valence-corrected chi connectivity index (χ4v) is 4.46. The molecule has 1 heterocycles. The molecular weight excluding hydrogens is 374 g/mol. The molecule has 0 saturated carbocycles. The molecule has 0 bridgehead atoms. The van der Waals surface area contributed by atoms with Gasteiger partial charge in [-0.15, -0.1) is 0 Å². The summed E-state index contributed by atoms with van der Waals surface area (Å²) in [6, 6.07) is 5.97. The number of hydrogen-bond donors (Lipinski definition) is 3. The summed E-state index contributed by atoms with van der Waals surface area (Å²) < 4.78 is 33.1. The van der Waals surface area contributed by atoms with Crippen molar-refractivity contribution in [1.82, 2.24) is 0 Å². The standard InChI is InChI=1S/C18H15NO7S/c20-14-9-5-1-2-6-10(9)15(21)12-11(14)13(19-7-3-4-8-19)17(23)18(16(12)22)27(24,25)26/h1-2,5-6,22-23H,3-4,7-8H2,(H,24,25,26). The molecule has 27 heavy (non-hydrogen) atoms. The summed E-state index contributed by atoms with van der Waals surface area (Å²) >= 11 is 0. The Bertz CT molecular complexity index is 1120. The first-order chi connectivity index (χ1) is 12.7. The number of rotatable bonds is 2. The van der Waals surface area contributed by atoms with Gasteiger partial charge in [-0.05, 0) is 12.8 Å². The van der Waals surface area contributed by atoms with E-state index in [1.165, 1.54) is 18.2 Å². The molecule has 2 aliphatic rings. The van der Waals surface area contributed by atoms with Crippen molar-refractivity contribution in [3.8, 4) is 11.5 Å². The third-order valence-corrected chi connectivity index (χ3v) is 5.83. The molecule has 140 valence electrons. The van der Waals surface area contributed by atoms with E-state index in [2.05, 4.69) is 0 Å². The number of hydrogen-bond acceptors (Lipinski definition) is 7. The van der Waals surface area contributed by atoms with Crippen LogP contribution in [0.15, 0.2) is 29.2 Å². The molecule has 2 aromatic carbocycles. The highest BCUT2D eigenvalue weighted by Gasteiger charge is 2.41. The molecule has 0 unspecified atom stereocenters. The molecule has 9 heteroatoms. The number of phenols is 2. The van der Waals surface area contributed by atoms with Crippen molar-refractivity contribution in [2.24, 2.45) is 0 Å². The lowest BCUT2D eigenvalue weighted by atomic mass is 9.82. The summed E-state index contributed by atoms with van der Waals surface area (Å²) in [7, 11) is -5.06. The van der Waals surface area contributed by atoms with E-state index in [9.17, 15) is 32.8 Å². The van der Waals surface area contributed by atoms with Crippen molar-refractivity contribution >= 4 is 27.4 Å². The zero-order chi connectivity index (χ0) is 19.5. The van der Waals surface area contributed by atoms with Crippen LogP contribution in [0.3, 0.4) is 0 Å². The Kier molecular flexibility index (Phi) is 3.76. The van der Waals surface area contributed by atoms with Gasteiger partial charge in [-0.25, -0.2) is 0 Å². The van der Waals surface area contributed by atoms with Gasteiger partial charge in [0.05, 0.1) is 16.8 Å². The van der Waals surface area contributed by atoms with Gasteiger partial charge in [0.1, 0.15) is 0 Å². The summed E-state index contributed by atoms with van der Waals surface area (Å²) in [4.78, 5) is 26.4. The second kappa shape index (κ2) is 5.80. The van der Waals surface area contributed by atoms with Crippen molar-refractivity contribution in [3.63, 3.8) is 0 Å². The molecule has 0 aromatic heterocycles. The number of phenolic OH excluding ortho intramolecular Hbond substituents is 2. The third kappa shape index (κ3) is 2.42. The van der Waals surface area contributed by atoms with Gasteiger partial charge in [0.25, 0.3) is 0 Å². The van der Waals surface area contributed by atoms with Crippen molar-refractivity contribution in [3.05, 3.63) is 46.5 Å². The van der Waals surface area contributed by atoms with Gasteiger partial charge >= 0.3 is 10.1 Å². The number of fused-ring (bicyclic) bond motifs is 2. The van der Waals surface area contributed by atoms with E-state index in [4.69, 9.17) is 0 Å². The van der Waals surface area contributed by atoms with Crippen molar-refractivity contribution in [2.75, 3.05) is 18.0 Å². The molecular formula is C18H15NO7S. The molecule has 1 fully saturated rings. The number of nitrogens with zero attached hydrogens (tertiary/aromatic N) is 1. The van der Waals surface area contributed by atoms with Crippen LogP contribution in [0.5, 0.6) is 11.5 Å². The molecule has 1 aliphatic heterocycles. The number of carbonyl (C=O) groups is 2. The summed E-state index contributed by atoms with van der Waals surface area (Å²) in [5.74, 6) is -3.41.